The number of halogens is 2. The van der Waals surface area contributed by atoms with Crippen LogP contribution in [0.2, 0.25) is 0 Å². The number of nitrogens with zero attached hydrogens (tertiary/aromatic N) is 3. The van der Waals surface area contributed by atoms with Crippen LogP contribution in [0.5, 0.6) is 0 Å². The van der Waals surface area contributed by atoms with Crippen molar-refractivity contribution in [3.8, 4) is 0 Å². The van der Waals surface area contributed by atoms with Gasteiger partial charge in [-0.15, -0.1) is 5.10 Å². The van der Waals surface area contributed by atoms with Crippen LogP contribution in [0.15, 0.2) is 6.20 Å². The van der Waals surface area contributed by atoms with Gasteiger partial charge in [-0.25, -0.2) is 13.9 Å². The highest BCUT2D eigenvalue weighted by atomic mass is 127. The van der Waals surface area contributed by atoms with Crippen LogP contribution in [0.4, 0.5) is 10.3 Å². The predicted molar refractivity (Wildman–Crippen MR) is 103 cm³/mol. The highest BCUT2D eigenvalue weighted by molar-refractivity contribution is 14.1. The fraction of sp³-hybridized carbons (Fsp3) is 0.588. The molecule has 142 valence electrons. The number of carbonyl (C=O) groups excluding carboxylic acids is 1. The van der Waals surface area contributed by atoms with Crippen LogP contribution >= 0.6 is 22.6 Å². The number of carbonyl (C=O) groups is 1. The van der Waals surface area contributed by atoms with E-state index in [1.54, 1.807) is 4.52 Å². The molecule has 0 spiro atoms. The van der Waals surface area contributed by atoms with Crippen LogP contribution in [0.3, 0.4) is 0 Å². The SMILES string of the molecule is CCC(C)c1c(I)c(F)c2cnc(NC3CCOCC3OC(C)=O)nn12. The Morgan fingerprint density at radius 2 is 2.38 bits per heavy atom. The van der Waals surface area contributed by atoms with Gasteiger partial charge >= 0.3 is 5.97 Å². The summed E-state index contributed by atoms with van der Waals surface area (Å²) >= 11 is 2.02. The Morgan fingerprint density at radius 3 is 3.08 bits per heavy atom. The summed E-state index contributed by atoms with van der Waals surface area (Å²) in [4.78, 5) is 15.5. The number of esters is 1. The van der Waals surface area contributed by atoms with Crippen molar-refractivity contribution in [1.82, 2.24) is 14.6 Å². The molecule has 0 bridgehead atoms. The van der Waals surface area contributed by atoms with E-state index in [4.69, 9.17) is 9.47 Å². The highest BCUT2D eigenvalue weighted by Gasteiger charge is 2.29. The Morgan fingerprint density at radius 1 is 1.62 bits per heavy atom. The van der Waals surface area contributed by atoms with Crippen LogP contribution < -0.4 is 5.32 Å². The second kappa shape index (κ2) is 8.03. The minimum absolute atomic E-state index is 0.156. The van der Waals surface area contributed by atoms with Crippen LogP contribution in [-0.2, 0) is 14.3 Å². The normalized spacial score (nSPS) is 21.6. The second-order valence-corrected chi connectivity index (χ2v) is 7.54. The van der Waals surface area contributed by atoms with Crippen LogP contribution in [0, 0.1) is 9.39 Å². The average Bonchev–Trinajstić information content (AvgIpc) is 2.86. The fourth-order valence-electron chi connectivity index (χ4n) is 3.06. The minimum Gasteiger partial charge on any atom is -0.458 e. The third-order valence-corrected chi connectivity index (χ3v) is 5.64. The lowest BCUT2D eigenvalue weighted by Gasteiger charge is -2.31. The molecule has 3 heterocycles. The van der Waals surface area contributed by atoms with E-state index in [9.17, 15) is 9.18 Å². The van der Waals surface area contributed by atoms with Crippen LogP contribution in [0.1, 0.15) is 45.2 Å². The first-order valence-corrected chi connectivity index (χ1v) is 9.74. The minimum atomic E-state index is -0.406. The number of hydrogen-bond acceptors (Lipinski definition) is 6. The Balaban J connectivity index is 1.92. The zero-order valence-electron chi connectivity index (χ0n) is 15.0. The van der Waals surface area contributed by atoms with Gasteiger partial charge in [-0.2, -0.15) is 0 Å². The number of anilines is 1. The summed E-state index contributed by atoms with van der Waals surface area (Å²) in [5.41, 5.74) is 1.20. The van der Waals surface area contributed by atoms with Crippen molar-refractivity contribution in [1.29, 1.82) is 0 Å². The molecule has 0 aromatic carbocycles. The smallest absolute Gasteiger partial charge is 0.303 e. The monoisotopic (exact) mass is 476 g/mol. The van der Waals surface area contributed by atoms with Gasteiger partial charge < -0.3 is 14.8 Å². The molecule has 1 aliphatic rings. The fourth-order valence-corrected chi connectivity index (χ4v) is 4.10. The molecule has 3 atom stereocenters. The van der Waals surface area contributed by atoms with E-state index in [-0.39, 0.29) is 23.7 Å². The maximum Gasteiger partial charge on any atom is 0.303 e. The van der Waals surface area contributed by atoms with E-state index in [2.05, 4.69) is 22.3 Å². The standard InChI is InChI=1S/C17H22FIN4O3/c1-4-9(2)16-15(19)14(18)12-7-20-17(22-23(12)16)21-11-5-6-25-8-13(11)26-10(3)24/h7,9,11,13H,4-6,8H2,1-3H3,(H,21,22). The summed E-state index contributed by atoms with van der Waals surface area (Å²) in [6.45, 7) is 6.37. The molecule has 3 rings (SSSR count). The maximum atomic E-state index is 14.5. The highest BCUT2D eigenvalue weighted by Crippen LogP contribution is 2.30. The number of nitrogens with one attached hydrogen (secondary N) is 1. The summed E-state index contributed by atoms with van der Waals surface area (Å²) in [5.74, 6) is -0.114. The second-order valence-electron chi connectivity index (χ2n) is 6.46. The van der Waals surface area contributed by atoms with Gasteiger partial charge in [0.05, 0.1) is 28.1 Å². The molecule has 0 saturated carbocycles. The van der Waals surface area contributed by atoms with Crippen molar-refractivity contribution in [3.63, 3.8) is 0 Å². The number of hydrogen-bond donors (Lipinski definition) is 1. The predicted octanol–water partition coefficient (Wildman–Crippen LogP) is 3.12. The number of fused-ring (bicyclic) bond motifs is 1. The van der Waals surface area contributed by atoms with Gasteiger partial charge in [-0.1, -0.05) is 13.8 Å². The third kappa shape index (κ3) is 3.78. The Bertz CT molecular complexity index is 813. The van der Waals surface area contributed by atoms with E-state index < -0.39 is 6.10 Å². The quantitative estimate of drug-likeness (QED) is 0.528. The molecule has 3 unspecified atom stereocenters. The van der Waals surface area contributed by atoms with E-state index in [0.717, 1.165) is 12.1 Å². The van der Waals surface area contributed by atoms with Gasteiger partial charge in [-0.05, 0) is 41.4 Å². The molecule has 0 amide bonds. The van der Waals surface area contributed by atoms with Crippen molar-refractivity contribution < 1.29 is 18.7 Å². The molecule has 0 aliphatic carbocycles. The number of ether oxygens (including phenoxy) is 2. The molecule has 26 heavy (non-hydrogen) atoms. The maximum absolute atomic E-state index is 14.5. The van der Waals surface area contributed by atoms with Crippen LogP contribution in [-0.4, -0.2) is 45.9 Å². The molecular weight excluding hydrogens is 454 g/mol. The van der Waals surface area contributed by atoms with Gasteiger partial charge in [-0.3, -0.25) is 4.79 Å². The van der Waals surface area contributed by atoms with Crippen molar-refractivity contribution in [2.75, 3.05) is 18.5 Å². The summed E-state index contributed by atoms with van der Waals surface area (Å²) in [6.07, 6.45) is 2.62. The molecule has 9 heteroatoms. The third-order valence-electron chi connectivity index (χ3n) is 4.62. The first kappa shape index (κ1) is 19.3. The van der Waals surface area contributed by atoms with E-state index in [1.165, 1.54) is 13.1 Å². The first-order valence-electron chi connectivity index (χ1n) is 8.66. The summed E-state index contributed by atoms with van der Waals surface area (Å²) in [7, 11) is 0. The average molecular weight is 476 g/mol. The molecule has 2 aromatic rings. The van der Waals surface area contributed by atoms with E-state index in [0.29, 0.717) is 34.7 Å². The Hall–Kier alpha value is -1.49. The molecule has 7 nitrogen and oxygen atoms in total. The van der Waals surface area contributed by atoms with Gasteiger partial charge in [0.25, 0.3) is 0 Å². The van der Waals surface area contributed by atoms with Crippen molar-refractivity contribution in [3.05, 3.63) is 21.3 Å². The Kier molecular flexibility index (Phi) is 5.96. The lowest BCUT2D eigenvalue weighted by molar-refractivity contribution is -0.153. The van der Waals surface area contributed by atoms with Crippen LogP contribution in [0.25, 0.3) is 5.52 Å². The summed E-state index contributed by atoms with van der Waals surface area (Å²) in [5, 5.41) is 7.72. The number of aromatic nitrogens is 3. The summed E-state index contributed by atoms with van der Waals surface area (Å²) < 4.78 is 27.4. The molecule has 0 radical (unpaired) electrons. The van der Waals surface area contributed by atoms with Crippen molar-refractivity contribution >= 4 is 40.0 Å². The van der Waals surface area contributed by atoms with Gasteiger partial charge in [0.15, 0.2) is 5.82 Å². The van der Waals surface area contributed by atoms with Crippen molar-refractivity contribution in [2.45, 2.75) is 51.7 Å². The molecule has 1 fully saturated rings. The zero-order valence-corrected chi connectivity index (χ0v) is 17.1. The van der Waals surface area contributed by atoms with E-state index >= 15 is 0 Å². The molecule has 1 aliphatic heterocycles. The molecular formula is C17H22FIN4O3. The molecule has 1 N–H and O–H groups in total. The van der Waals surface area contributed by atoms with Gasteiger partial charge in [0.1, 0.15) is 11.6 Å². The van der Waals surface area contributed by atoms with Gasteiger partial charge in [0.2, 0.25) is 5.95 Å². The Labute approximate surface area is 164 Å². The first-order chi connectivity index (χ1) is 12.4. The lowest BCUT2D eigenvalue weighted by atomic mass is 10.1. The van der Waals surface area contributed by atoms with Gasteiger partial charge in [0, 0.05) is 13.5 Å². The zero-order chi connectivity index (χ0) is 18.8. The topological polar surface area (TPSA) is 77.8 Å². The van der Waals surface area contributed by atoms with E-state index in [1.807, 2.05) is 29.5 Å². The lowest BCUT2D eigenvalue weighted by Crippen LogP contribution is -2.44. The molecule has 1 saturated heterocycles. The number of rotatable bonds is 5. The largest absolute Gasteiger partial charge is 0.458 e. The summed E-state index contributed by atoms with van der Waals surface area (Å²) in [6, 6.07) is -0.156. The van der Waals surface area contributed by atoms with Crippen molar-refractivity contribution in [2.24, 2.45) is 0 Å². The molecule has 2 aromatic heterocycles.